The van der Waals surface area contributed by atoms with E-state index < -0.39 is 40.3 Å². The number of hydrogen-bond acceptors (Lipinski definition) is 13. The van der Waals surface area contributed by atoms with Gasteiger partial charge in [-0.15, -0.1) is 11.3 Å². The Morgan fingerprint density at radius 1 is 1.09 bits per heavy atom. The maximum Gasteiger partial charge on any atom is 0.376 e. The molecule has 0 saturated carbocycles. The van der Waals surface area contributed by atoms with Crippen LogP contribution in [0.3, 0.4) is 0 Å². The Morgan fingerprint density at radius 3 is 2.43 bits per heavy atom. The van der Waals surface area contributed by atoms with Gasteiger partial charge in [-0.2, -0.15) is 8.78 Å². The molecule has 1 unspecified atom stereocenters. The van der Waals surface area contributed by atoms with Crippen molar-refractivity contribution >= 4 is 62.5 Å². The van der Waals surface area contributed by atoms with E-state index in [1.54, 1.807) is 5.38 Å². The number of carboxylic acid groups (broad SMARTS) is 2. The maximum atomic E-state index is 14.2. The molecule has 286 valence electrons. The summed E-state index contributed by atoms with van der Waals surface area (Å²) >= 11 is 1.27. The van der Waals surface area contributed by atoms with Gasteiger partial charge in [0.15, 0.2) is 0 Å². The number of pyridine rings is 1. The van der Waals surface area contributed by atoms with Crippen LogP contribution in [0, 0.1) is 5.41 Å². The quantitative estimate of drug-likeness (QED) is 0.0898. The van der Waals surface area contributed by atoms with E-state index in [-0.39, 0.29) is 68.0 Å². The molecule has 4 aromatic rings. The first-order valence-corrected chi connectivity index (χ1v) is 18.4. The maximum absolute atomic E-state index is 14.2. The first-order chi connectivity index (χ1) is 25.5. The molecule has 0 aliphatic carbocycles. The minimum atomic E-state index is -4.41. The summed E-state index contributed by atoms with van der Waals surface area (Å²) < 4.78 is 68.4. The first-order valence-electron chi connectivity index (χ1n) is 16.1. The fraction of sp³-hybridized carbons (Fsp3) is 0.294. The van der Waals surface area contributed by atoms with Crippen molar-refractivity contribution in [2.45, 2.75) is 43.4 Å². The van der Waals surface area contributed by atoms with E-state index in [1.807, 2.05) is 13.8 Å². The molecule has 1 fully saturated rings. The number of carboxylic acids is 2. The first kappa shape index (κ1) is 39.6. The zero-order valence-electron chi connectivity index (χ0n) is 28.9. The third-order valence-electron chi connectivity index (χ3n) is 8.04. The van der Waals surface area contributed by atoms with Crippen molar-refractivity contribution in [3.05, 3.63) is 75.9 Å². The van der Waals surface area contributed by atoms with Crippen LogP contribution in [-0.4, -0.2) is 102 Å². The minimum Gasteiger partial charge on any atom is -0.480 e. The lowest BCUT2D eigenvalue weighted by atomic mass is 10.0. The van der Waals surface area contributed by atoms with Crippen LogP contribution in [0.4, 0.5) is 25.8 Å². The molecule has 0 radical (unpaired) electrons. The molecule has 1 aliphatic heterocycles. The average Bonchev–Trinajstić information content (AvgIpc) is 3.58. The molecule has 0 spiro atoms. The van der Waals surface area contributed by atoms with Gasteiger partial charge in [-0.05, 0) is 55.8 Å². The molecule has 2 aromatic heterocycles. The number of rotatable bonds is 15. The Bertz CT molecular complexity index is 2190. The number of sulfonamides is 1. The molecule has 2 aromatic carbocycles. The SMILES string of the molecule is COc1ncc(-c2cc(NCC(F)(F)C(=O)O)c(C=N)c(NC(=O)c3csc(CN4CC(C)O[C@H](C)C4)n3)c2)cc1NS(=O)(=O)c1cccc(C(=O)O)c1. The summed E-state index contributed by atoms with van der Waals surface area (Å²) in [5.74, 6) is -8.81. The highest BCUT2D eigenvalue weighted by Gasteiger charge is 2.38. The van der Waals surface area contributed by atoms with Gasteiger partial charge in [0.25, 0.3) is 15.9 Å². The summed E-state index contributed by atoms with van der Waals surface area (Å²) in [6.07, 6.45) is 2.09. The van der Waals surface area contributed by atoms with Crippen LogP contribution < -0.4 is 20.1 Å². The average molecular weight is 788 g/mol. The lowest BCUT2D eigenvalue weighted by Crippen LogP contribution is -2.44. The number of amides is 1. The van der Waals surface area contributed by atoms with E-state index in [1.165, 1.54) is 61.0 Å². The number of alkyl halides is 2. The van der Waals surface area contributed by atoms with Crippen LogP contribution in [0.2, 0.25) is 0 Å². The normalized spacial score (nSPS) is 16.3. The van der Waals surface area contributed by atoms with Crippen LogP contribution in [0.1, 0.15) is 45.3 Å². The molecular weight excluding hydrogens is 753 g/mol. The summed E-state index contributed by atoms with van der Waals surface area (Å²) in [7, 11) is -3.18. The van der Waals surface area contributed by atoms with Gasteiger partial charge >= 0.3 is 17.9 Å². The van der Waals surface area contributed by atoms with Crippen LogP contribution in [0.15, 0.2) is 58.9 Å². The van der Waals surface area contributed by atoms with Gasteiger partial charge in [0.05, 0.1) is 48.6 Å². The molecule has 3 heterocycles. The van der Waals surface area contributed by atoms with E-state index in [0.717, 1.165) is 12.3 Å². The molecule has 2 atom stereocenters. The zero-order valence-corrected chi connectivity index (χ0v) is 30.6. The van der Waals surface area contributed by atoms with Gasteiger partial charge < -0.3 is 35.7 Å². The van der Waals surface area contributed by atoms with Crippen molar-refractivity contribution in [3.63, 3.8) is 0 Å². The number of ether oxygens (including phenoxy) is 2. The van der Waals surface area contributed by atoms with Gasteiger partial charge in [-0.25, -0.2) is 28.0 Å². The van der Waals surface area contributed by atoms with E-state index in [0.29, 0.717) is 24.6 Å². The molecule has 1 aliphatic rings. The molecule has 20 heteroatoms. The van der Waals surface area contributed by atoms with Gasteiger partial charge in [-0.3, -0.25) is 14.4 Å². The molecular formula is C34H35F2N7O9S2. The fourth-order valence-corrected chi connectivity index (χ4v) is 7.54. The fourth-order valence-electron chi connectivity index (χ4n) is 5.63. The highest BCUT2D eigenvalue weighted by Crippen LogP contribution is 2.36. The summed E-state index contributed by atoms with van der Waals surface area (Å²) in [6.45, 7) is 4.39. The second-order valence-electron chi connectivity index (χ2n) is 12.2. The zero-order chi connectivity index (χ0) is 39.4. The van der Waals surface area contributed by atoms with E-state index in [2.05, 4.69) is 30.2 Å². The number of carbonyl (C=O) groups excluding carboxylic acids is 1. The standard InChI is InChI=1S/C34H35F2N7O9S2/c1-18-13-43(14-19(2)52-18)15-29-40-28(16-53-29)30(44)41-26-9-21(8-25(24(26)11-37)39-17-34(35,36)33(47)48)22-10-27(31(51-3)38-12-22)42-54(49,50)23-6-4-5-20(7-23)32(45)46/h4-12,16,18-19,37,39,42H,13-15,17H2,1-3H3,(H,41,44)(H,45,46)(H,47,48)/t18-,19?/m1/s1. The van der Waals surface area contributed by atoms with Gasteiger partial charge in [-0.1, -0.05) is 6.07 Å². The topological polar surface area (TPSA) is 233 Å². The summed E-state index contributed by atoms with van der Waals surface area (Å²) in [5, 5.41) is 33.6. The van der Waals surface area contributed by atoms with Crippen molar-refractivity contribution in [1.82, 2.24) is 14.9 Å². The van der Waals surface area contributed by atoms with Crippen LogP contribution >= 0.6 is 11.3 Å². The van der Waals surface area contributed by atoms with Crippen molar-refractivity contribution in [2.75, 3.05) is 42.1 Å². The number of morpholine rings is 1. The number of thiazole rings is 1. The molecule has 0 bridgehead atoms. The summed E-state index contributed by atoms with van der Waals surface area (Å²) in [6, 6.07) is 8.59. The monoisotopic (exact) mass is 787 g/mol. The lowest BCUT2D eigenvalue weighted by molar-refractivity contribution is -0.162. The van der Waals surface area contributed by atoms with Crippen molar-refractivity contribution in [1.29, 1.82) is 5.41 Å². The Hall–Kier alpha value is -5.57. The number of nitrogens with zero attached hydrogens (tertiary/aromatic N) is 3. The van der Waals surface area contributed by atoms with Crippen LogP contribution in [0.5, 0.6) is 5.88 Å². The predicted octanol–water partition coefficient (Wildman–Crippen LogP) is 4.70. The van der Waals surface area contributed by atoms with Crippen LogP contribution in [0.25, 0.3) is 11.1 Å². The van der Waals surface area contributed by atoms with Crippen molar-refractivity contribution < 1.29 is 51.3 Å². The number of methoxy groups -OCH3 is 1. The number of aromatic carboxylic acids is 1. The number of anilines is 3. The smallest absolute Gasteiger partial charge is 0.376 e. The second-order valence-corrected chi connectivity index (χ2v) is 14.9. The van der Waals surface area contributed by atoms with E-state index in [4.69, 9.17) is 20.0 Å². The minimum absolute atomic E-state index is 0.0228. The van der Waals surface area contributed by atoms with Crippen LogP contribution in [-0.2, 0) is 26.1 Å². The number of hydrogen-bond donors (Lipinski definition) is 6. The molecule has 54 heavy (non-hydrogen) atoms. The molecule has 1 saturated heterocycles. The number of nitrogens with one attached hydrogen (secondary N) is 4. The third kappa shape index (κ3) is 9.31. The molecule has 5 rings (SSSR count). The molecule has 16 nitrogen and oxygen atoms in total. The van der Waals surface area contributed by atoms with E-state index >= 15 is 0 Å². The lowest BCUT2D eigenvalue weighted by Gasteiger charge is -2.34. The number of carbonyl (C=O) groups is 3. The van der Waals surface area contributed by atoms with Gasteiger partial charge in [0, 0.05) is 47.7 Å². The number of halogens is 2. The van der Waals surface area contributed by atoms with Gasteiger partial charge in [0.2, 0.25) is 5.88 Å². The highest BCUT2D eigenvalue weighted by atomic mass is 32.2. The van der Waals surface area contributed by atoms with Crippen molar-refractivity contribution in [2.24, 2.45) is 0 Å². The number of benzene rings is 2. The predicted molar refractivity (Wildman–Crippen MR) is 195 cm³/mol. The summed E-state index contributed by atoms with van der Waals surface area (Å²) in [5.41, 5.74) is -0.398. The second kappa shape index (κ2) is 16.2. The van der Waals surface area contributed by atoms with Gasteiger partial charge in [0.1, 0.15) is 16.4 Å². The number of aromatic nitrogens is 2. The molecule has 6 N–H and O–H groups in total. The molecule has 1 amide bonds. The Balaban J connectivity index is 1.51. The van der Waals surface area contributed by atoms with Crippen molar-refractivity contribution in [3.8, 4) is 17.0 Å². The summed E-state index contributed by atoms with van der Waals surface area (Å²) in [4.78, 5) is 46.5. The third-order valence-corrected chi connectivity index (χ3v) is 10.2. The highest BCUT2D eigenvalue weighted by molar-refractivity contribution is 7.92. The largest absolute Gasteiger partial charge is 0.480 e. The Labute approximate surface area is 311 Å². The Kier molecular flexibility index (Phi) is 11.9. The number of aliphatic carboxylic acids is 1. The van der Waals surface area contributed by atoms with E-state index in [9.17, 15) is 36.7 Å². The Morgan fingerprint density at radius 2 is 1.78 bits per heavy atom.